The first-order chi connectivity index (χ1) is 10.3. The Morgan fingerprint density at radius 1 is 1.38 bits per heavy atom. The van der Waals surface area contributed by atoms with Crippen molar-refractivity contribution in [2.45, 2.75) is 51.7 Å². The number of nitrogens with two attached hydrogens (primary N) is 1. The Balaban J connectivity index is 1.87. The molecule has 1 aromatic heterocycles. The predicted molar refractivity (Wildman–Crippen MR) is 81.8 cm³/mol. The molecule has 0 bridgehead atoms. The third-order valence-electron chi connectivity index (χ3n) is 4.11. The van der Waals surface area contributed by atoms with Crippen molar-refractivity contribution in [2.75, 3.05) is 4.90 Å². The highest BCUT2D eigenvalue weighted by Gasteiger charge is 2.26. The van der Waals surface area contributed by atoms with Crippen molar-refractivity contribution in [3.63, 3.8) is 0 Å². The Kier molecular flexibility index (Phi) is 4.20. The van der Waals surface area contributed by atoms with Gasteiger partial charge in [-0.05, 0) is 30.9 Å². The lowest BCUT2D eigenvalue weighted by Crippen LogP contribution is -2.39. The number of fused-ring (bicyclic) bond motifs is 1. The van der Waals surface area contributed by atoms with E-state index < -0.39 is 0 Å². The second-order valence-corrected chi connectivity index (χ2v) is 5.55. The van der Waals surface area contributed by atoms with E-state index >= 15 is 0 Å². The van der Waals surface area contributed by atoms with Crippen molar-refractivity contribution in [1.82, 2.24) is 10.1 Å². The molecule has 0 saturated heterocycles. The summed E-state index contributed by atoms with van der Waals surface area (Å²) in [5, 5.41) is 4.04. The van der Waals surface area contributed by atoms with Crippen molar-refractivity contribution in [3.8, 4) is 0 Å². The highest BCUT2D eigenvalue weighted by molar-refractivity contribution is 5.56. The molecule has 1 aromatic carbocycles. The summed E-state index contributed by atoms with van der Waals surface area (Å²) < 4.78 is 5.13. The van der Waals surface area contributed by atoms with Crippen LogP contribution in [-0.4, -0.2) is 16.2 Å². The van der Waals surface area contributed by atoms with Gasteiger partial charge in [-0.1, -0.05) is 36.7 Å². The van der Waals surface area contributed by atoms with Crippen molar-refractivity contribution in [1.29, 1.82) is 0 Å². The fourth-order valence-corrected chi connectivity index (χ4v) is 3.11. The number of rotatable bonds is 5. The Morgan fingerprint density at radius 2 is 2.24 bits per heavy atom. The largest absolute Gasteiger partial charge is 0.361 e. The molecule has 0 spiro atoms. The number of aromatic nitrogens is 2. The van der Waals surface area contributed by atoms with Crippen molar-refractivity contribution in [3.05, 3.63) is 41.5 Å². The minimum absolute atomic E-state index is 0.294. The van der Waals surface area contributed by atoms with Gasteiger partial charge in [0.25, 0.3) is 0 Å². The van der Waals surface area contributed by atoms with Crippen LogP contribution in [0, 0.1) is 0 Å². The average molecular weight is 286 g/mol. The average Bonchev–Trinajstić information content (AvgIpc) is 2.97. The maximum Gasteiger partial charge on any atom is 0.240 e. The third kappa shape index (κ3) is 2.93. The maximum atomic E-state index is 5.54. The summed E-state index contributed by atoms with van der Waals surface area (Å²) in [6.07, 6.45) is 4.71. The number of benzene rings is 1. The molecule has 2 heterocycles. The summed E-state index contributed by atoms with van der Waals surface area (Å²) in [7, 11) is 0. The molecule has 0 fully saturated rings. The Bertz CT molecular complexity index is 595. The summed E-state index contributed by atoms with van der Waals surface area (Å²) in [6, 6.07) is 9.16. The molecule has 5 nitrogen and oxygen atoms in total. The minimum atomic E-state index is 0.294. The fraction of sp³-hybridized carbons (Fsp3) is 0.500. The summed E-state index contributed by atoms with van der Waals surface area (Å²) in [4.78, 5) is 6.77. The van der Waals surface area contributed by atoms with E-state index in [1.165, 1.54) is 30.5 Å². The van der Waals surface area contributed by atoms with E-state index in [1.54, 1.807) is 0 Å². The van der Waals surface area contributed by atoms with Gasteiger partial charge in [-0.25, -0.2) is 0 Å². The smallest absolute Gasteiger partial charge is 0.240 e. The summed E-state index contributed by atoms with van der Waals surface area (Å²) in [5.74, 6) is 1.22. The summed E-state index contributed by atoms with van der Waals surface area (Å²) in [5.41, 5.74) is 8.25. The quantitative estimate of drug-likeness (QED) is 0.915. The third-order valence-corrected chi connectivity index (χ3v) is 4.11. The fourth-order valence-electron chi connectivity index (χ4n) is 3.11. The molecule has 112 valence electrons. The van der Waals surface area contributed by atoms with Crippen LogP contribution in [0.5, 0.6) is 0 Å². The van der Waals surface area contributed by atoms with E-state index in [0.29, 0.717) is 30.8 Å². The maximum absolute atomic E-state index is 5.54. The number of nitrogens with zero attached hydrogens (tertiary/aromatic N) is 3. The molecule has 2 aromatic rings. The van der Waals surface area contributed by atoms with Crippen LogP contribution in [0.2, 0.25) is 0 Å². The summed E-state index contributed by atoms with van der Waals surface area (Å²) >= 11 is 0. The Hall–Kier alpha value is -1.88. The van der Waals surface area contributed by atoms with Crippen LogP contribution in [0.25, 0.3) is 0 Å². The molecule has 1 aliphatic heterocycles. The Morgan fingerprint density at radius 3 is 3.00 bits per heavy atom. The lowest BCUT2D eigenvalue weighted by molar-refractivity contribution is 0.372. The van der Waals surface area contributed by atoms with Gasteiger partial charge < -0.3 is 15.2 Å². The van der Waals surface area contributed by atoms with Gasteiger partial charge in [0.05, 0.1) is 13.1 Å². The molecule has 1 atom stereocenters. The van der Waals surface area contributed by atoms with Gasteiger partial charge in [0.2, 0.25) is 5.89 Å². The SMILES string of the molecule is CCCC1CCc2ccccc2N1Cc1noc(CN)n1. The first kappa shape index (κ1) is 14.1. The van der Waals surface area contributed by atoms with E-state index in [1.807, 2.05) is 0 Å². The topological polar surface area (TPSA) is 68.2 Å². The molecular weight excluding hydrogens is 264 g/mol. The number of hydrogen-bond acceptors (Lipinski definition) is 5. The van der Waals surface area contributed by atoms with Gasteiger partial charge in [0, 0.05) is 11.7 Å². The zero-order chi connectivity index (χ0) is 14.7. The van der Waals surface area contributed by atoms with Crippen LogP contribution in [0.4, 0.5) is 5.69 Å². The molecule has 0 amide bonds. The minimum Gasteiger partial charge on any atom is -0.361 e. The zero-order valence-corrected chi connectivity index (χ0v) is 12.5. The second-order valence-electron chi connectivity index (χ2n) is 5.55. The molecule has 0 radical (unpaired) electrons. The predicted octanol–water partition coefficient (Wildman–Crippen LogP) is 2.65. The molecule has 21 heavy (non-hydrogen) atoms. The molecule has 0 aliphatic carbocycles. The van der Waals surface area contributed by atoms with E-state index in [0.717, 1.165) is 6.42 Å². The van der Waals surface area contributed by atoms with Crippen LogP contribution in [0.1, 0.15) is 43.5 Å². The standard InChI is InChI=1S/C16H22N4O/c1-2-5-13-9-8-12-6-3-4-7-14(12)20(13)11-15-18-16(10-17)21-19-15/h3-4,6-7,13H,2,5,8-11,17H2,1H3. The molecule has 1 unspecified atom stereocenters. The van der Waals surface area contributed by atoms with Gasteiger partial charge in [0.15, 0.2) is 5.82 Å². The molecule has 3 rings (SSSR count). The van der Waals surface area contributed by atoms with Gasteiger partial charge in [-0.3, -0.25) is 0 Å². The van der Waals surface area contributed by atoms with E-state index in [4.69, 9.17) is 10.3 Å². The zero-order valence-electron chi connectivity index (χ0n) is 12.5. The molecule has 1 aliphatic rings. The van der Waals surface area contributed by atoms with Crippen LogP contribution >= 0.6 is 0 Å². The highest BCUT2D eigenvalue weighted by atomic mass is 16.5. The van der Waals surface area contributed by atoms with Crippen LogP contribution in [-0.2, 0) is 19.5 Å². The number of hydrogen-bond donors (Lipinski definition) is 1. The number of para-hydroxylation sites is 1. The van der Waals surface area contributed by atoms with E-state index in [9.17, 15) is 0 Å². The van der Waals surface area contributed by atoms with Gasteiger partial charge in [-0.2, -0.15) is 4.98 Å². The highest BCUT2D eigenvalue weighted by Crippen LogP contribution is 2.33. The van der Waals surface area contributed by atoms with Crippen molar-refractivity contribution >= 4 is 5.69 Å². The van der Waals surface area contributed by atoms with Gasteiger partial charge in [-0.15, -0.1) is 0 Å². The Labute approximate surface area is 125 Å². The number of aryl methyl sites for hydroxylation is 1. The lowest BCUT2D eigenvalue weighted by atomic mass is 9.93. The van der Waals surface area contributed by atoms with Gasteiger partial charge >= 0.3 is 0 Å². The first-order valence-electron chi connectivity index (χ1n) is 7.68. The van der Waals surface area contributed by atoms with E-state index in [-0.39, 0.29) is 0 Å². The lowest BCUT2D eigenvalue weighted by Gasteiger charge is -2.38. The van der Waals surface area contributed by atoms with Crippen molar-refractivity contribution < 1.29 is 4.52 Å². The molecule has 0 saturated carbocycles. The summed E-state index contributed by atoms with van der Waals surface area (Å²) in [6.45, 7) is 3.22. The van der Waals surface area contributed by atoms with Crippen LogP contribution in [0.15, 0.2) is 28.8 Å². The molecule has 5 heteroatoms. The first-order valence-corrected chi connectivity index (χ1v) is 7.68. The van der Waals surface area contributed by atoms with Crippen LogP contribution < -0.4 is 10.6 Å². The van der Waals surface area contributed by atoms with E-state index in [2.05, 4.69) is 46.2 Å². The number of anilines is 1. The monoisotopic (exact) mass is 286 g/mol. The molecular formula is C16H22N4O. The molecule has 2 N–H and O–H groups in total. The van der Waals surface area contributed by atoms with Crippen molar-refractivity contribution in [2.24, 2.45) is 5.73 Å². The van der Waals surface area contributed by atoms with Crippen LogP contribution in [0.3, 0.4) is 0 Å². The second kappa shape index (κ2) is 6.26. The van der Waals surface area contributed by atoms with Gasteiger partial charge in [0.1, 0.15) is 0 Å². The normalized spacial score (nSPS) is 17.8.